The summed E-state index contributed by atoms with van der Waals surface area (Å²) >= 11 is 1.09. The molecule has 0 unspecified atom stereocenters. The Hall–Kier alpha value is -3.06. The van der Waals surface area contributed by atoms with E-state index in [4.69, 9.17) is 4.74 Å². The molecule has 0 saturated carbocycles. The summed E-state index contributed by atoms with van der Waals surface area (Å²) in [7, 11) is 1.22. The van der Waals surface area contributed by atoms with E-state index >= 15 is 0 Å². The van der Waals surface area contributed by atoms with Gasteiger partial charge in [0.15, 0.2) is 0 Å². The molecule has 2 aromatic carbocycles. The number of amides is 1. The van der Waals surface area contributed by atoms with E-state index in [1.54, 1.807) is 24.3 Å². The van der Waals surface area contributed by atoms with Crippen molar-refractivity contribution >= 4 is 40.2 Å². The number of thioether (sulfide) groups is 1. The summed E-state index contributed by atoms with van der Waals surface area (Å²) in [5, 5.41) is 3.57. The molecule has 0 fully saturated rings. The summed E-state index contributed by atoms with van der Waals surface area (Å²) in [4.78, 5) is 40.4. The molecule has 28 heavy (non-hydrogen) atoms. The van der Waals surface area contributed by atoms with Crippen LogP contribution in [0, 0.1) is 13.8 Å². The zero-order chi connectivity index (χ0) is 20.3. The minimum absolute atomic E-state index is 0.0334. The molecule has 0 atom stereocenters. The monoisotopic (exact) mass is 396 g/mol. The van der Waals surface area contributed by atoms with Crippen molar-refractivity contribution in [3.63, 3.8) is 0 Å². The molecule has 2 N–H and O–H groups in total. The van der Waals surface area contributed by atoms with Crippen LogP contribution in [0.5, 0.6) is 0 Å². The van der Waals surface area contributed by atoms with Crippen molar-refractivity contribution in [3.05, 3.63) is 69.4 Å². The Morgan fingerprint density at radius 1 is 1.11 bits per heavy atom. The average Bonchev–Trinajstić information content (AvgIpc) is 2.69. The molecule has 1 amide bonds. The minimum Gasteiger partial charge on any atom is -0.465 e. The quantitative estimate of drug-likeness (QED) is 0.508. The molecule has 0 aliphatic carbocycles. The summed E-state index contributed by atoms with van der Waals surface area (Å²) in [6.07, 6.45) is 0. The van der Waals surface area contributed by atoms with Crippen LogP contribution in [0.4, 0.5) is 5.69 Å². The van der Waals surface area contributed by atoms with E-state index in [1.807, 2.05) is 32.0 Å². The predicted octanol–water partition coefficient (Wildman–Crippen LogP) is 3.66. The van der Waals surface area contributed by atoms with E-state index in [9.17, 15) is 14.4 Å². The fourth-order valence-corrected chi connectivity index (χ4v) is 3.67. The van der Waals surface area contributed by atoms with Gasteiger partial charge in [-0.2, -0.15) is 0 Å². The summed E-state index contributed by atoms with van der Waals surface area (Å²) in [5.41, 5.74) is 2.90. The van der Waals surface area contributed by atoms with Gasteiger partial charge in [0, 0.05) is 11.1 Å². The van der Waals surface area contributed by atoms with Gasteiger partial charge in [-0.05, 0) is 43.2 Å². The molecule has 0 aliphatic rings. The molecule has 1 heterocycles. The Balaban J connectivity index is 1.87. The van der Waals surface area contributed by atoms with Crippen LogP contribution >= 0.6 is 11.8 Å². The highest BCUT2D eigenvalue weighted by Gasteiger charge is 2.21. The third kappa shape index (κ3) is 3.94. The van der Waals surface area contributed by atoms with Gasteiger partial charge in [-0.1, -0.05) is 36.0 Å². The standard InChI is InChI=1S/C21H20N2O4S/c1-12-7-6-10-15(13(12)2)22-17(24)11-28-20-18(21(26)27-3)19(25)14-8-4-5-9-16(14)23-20/h4-10H,11H2,1-3H3,(H,22,24)(H,23,25). The van der Waals surface area contributed by atoms with Crippen LogP contribution in [0.1, 0.15) is 21.5 Å². The number of anilines is 1. The summed E-state index contributed by atoms with van der Waals surface area (Å²) in [5.74, 6) is -0.931. The number of H-pyrrole nitrogens is 1. The molecule has 6 nitrogen and oxygen atoms in total. The summed E-state index contributed by atoms with van der Waals surface area (Å²) in [6.45, 7) is 3.91. The largest absolute Gasteiger partial charge is 0.465 e. The zero-order valence-electron chi connectivity index (χ0n) is 15.8. The Morgan fingerprint density at radius 3 is 2.61 bits per heavy atom. The molecule has 144 valence electrons. The maximum absolute atomic E-state index is 12.7. The number of fused-ring (bicyclic) bond motifs is 1. The van der Waals surface area contributed by atoms with Crippen molar-refractivity contribution < 1.29 is 14.3 Å². The first-order chi connectivity index (χ1) is 13.4. The highest BCUT2D eigenvalue weighted by Crippen LogP contribution is 2.23. The number of aromatic amines is 1. The van der Waals surface area contributed by atoms with Crippen molar-refractivity contribution in [3.8, 4) is 0 Å². The lowest BCUT2D eigenvalue weighted by molar-refractivity contribution is -0.113. The number of hydrogen-bond acceptors (Lipinski definition) is 5. The number of aryl methyl sites for hydroxylation is 1. The maximum atomic E-state index is 12.7. The first kappa shape index (κ1) is 19.7. The number of benzene rings is 2. The van der Waals surface area contributed by atoms with Crippen molar-refractivity contribution in [2.75, 3.05) is 18.2 Å². The van der Waals surface area contributed by atoms with Crippen LogP contribution < -0.4 is 10.7 Å². The van der Waals surface area contributed by atoms with Gasteiger partial charge in [0.2, 0.25) is 11.3 Å². The van der Waals surface area contributed by atoms with Crippen LogP contribution in [0.15, 0.2) is 52.3 Å². The second kappa shape index (κ2) is 8.31. The van der Waals surface area contributed by atoms with Gasteiger partial charge in [0.1, 0.15) is 5.56 Å². The van der Waals surface area contributed by atoms with E-state index < -0.39 is 11.4 Å². The fraction of sp³-hybridized carbons (Fsp3) is 0.190. The number of carbonyl (C=O) groups excluding carboxylic acids is 2. The molecule has 0 radical (unpaired) electrons. The van der Waals surface area contributed by atoms with Crippen LogP contribution in [0.2, 0.25) is 0 Å². The van der Waals surface area contributed by atoms with Crippen LogP contribution in [0.3, 0.4) is 0 Å². The smallest absolute Gasteiger partial charge is 0.344 e. The van der Waals surface area contributed by atoms with Crippen molar-refractivity contribution in [1.82, 2.24) is 4.98 Å². The third-order valence-electron chi connectivity index (χ3n) is 4.49. The molecule has 7 heteroatoms. The molecule has 3 aromatic rings. The Kier molecular flexibility index (Phi) is 5.84. The van der Waals surface area contributed by atoms with E-state index in [2.05, 4.69) is 10.3 Å². The molecule has 0 bridgehead atoms. The molecule has 3 rings (SSSR count). The fourth-order valence-electron chi connectivity index (χ4n) is 2.82. The summed E-state index contributed by atoms with van der Waals surface area (Å²) in [6, 6.07) is 12.6. The second-order valence-electron chi connectivity index (χ2n) is 6.28. The maximum Gasteiger partial charge on any atom is 0.344 e. The number of para-hydroxylation sites is 1. The number of esters is 1. The molecular weight excluding hydrogens is 376 g/mol. The molecular formula is C21H20N2O4S. The number of hydrogen-bond donors (Lipinski definition) is 2. The number of carbonyl (C=O) groups is 2. The number of methoxy groups -OCH3 is 1. The lowest BCUT2D eigenvalue weighted by Gasteiger charge is -2.12. The molecule has 0 aliphatic heterocycles. The lowest BCUT2D eigenvalue weighted by atomic mass is 10.1. The van der Waals surface area contributed by atoms with Gasteiger partial charge < -0.3 is 15.0 Å². The van der Waals surface area contributed by atoms with Gasteiger partial charge in [0.05, 0.1) is 23.4 Å². The third-order valence-corrected chi connectivity index (χ3v) is 5.49. The highest BCUT2D eigenvalue weighted by molar-refractivity contribution is 8.00. The normalized spacial score (nSPS) is 10.7. The van der Waals surface area contributed by atoms with Gasteiger partial charge in [-0.15, -0.1) is 0 Å². The average molecular weight is 396 g/mol. The van der Waals surface area contributed by atoms with Crippen molar-refractivity contribution in [2.45, 2.75) is 18.9 Å². The lowest BCUT2D eigenvalue weighted by Crippen LogP contribution is -2.20. The van der Waals surface area contributed by atoms with Crippen LogP contribution in [0.25, 0.3) is 10.9 Å². The second-order valence-corrected chi connectivity index (χ2v) is 7.27. The predicted molar refractivity (Wildman–Crippen MR) is 111 cm³/mol. The first-order valence-electron chi connectivity index (χ1n) is 8.64. The topological polar surface area (TPSA) is 88.3 Å². The van der Waals surface area contributed by atoms with E-state index in [0.29, 0.717) is 15.9 Å². The SMILES string of the molecule is COC(=O)c1c(SCC(=O)Nc2cccc(C)c2C)[nH]c2ccccc2c1=O. The van der Waals surface area contributed by atoms with Gasteiger partial charge in [-0.25, -0.2) is 4.79 Å². The number of aromatic nitrogens is 1. The van der Waals surface area contributed by atoms with Gasteiger partial charge >= 0.3 is 5.97 Å². The van der Waals surface area contributed by atoms with Crippen molar-refractivity contribution in [1.29, 1.82) is 0 Å². The van der Waals surface area contributed by atoms with E-state index in [-0.39, 0.29) is 17.2 Å². The van der Waals surface area contributed by atoms with Gasteiger partial charge in [0.25, 0.3) is 0 Å². The Labute approximate surface area is 166 Å². The van der Waals surface area contributed by atoms with Crippen molar-refractivity contribution in [2.24, 2.45) is 0 Å². The molecule has 0 saturated heterocycles. The van der Waals surface area contributed by atoms with E-state index in [0.717, 1.165) is 28.6 Å². The summed E-state index contributed by atoms with van der Waals surface area (Å²) < 4.78 is 4.77. The minimum atomic E-state index is -0.732. The van der Waals surface area contributed by atoms with Gasteiger partial charge in [-0.3, -0.25) is 9.59 Å². The highest BCUT2D eigenvalue weighted by atomic mass is 32.2. The first-order valence-corrected chi connectivity index (χ1v) is 9.63. The van der Waals surface area contributed by atoms with Crippen LogP contribution in [-0.4, -0.2) is 29.7 Å². The number of nitrogens with one attached hydrogen (secondary N) is 2. The molecule has 0 spiro atoms. The number of ether oxygens (including phenoxy) is 1. The number of rotatable bonds is 5. The van der Waals surface area contributed by atoms with E-state index in [1.165, 1.54) is 7.11 Å². The van der Waals surface area contributed by atoms with Crippen LogP contribution in [-0.2, 0) is 9.53 Å². The molecule has 1 aromatic heterocycles. The number of pyridine rings is 1. The Morgan fingerprint density at radius 2 is 1.86 bits per heavy atom. The Bertz CT molecular complexity index is 1120. The zero-order valence-corrected chi connectivity index (χ0v) is 16.6.